The van der Waals surface area contributed by atoms with Gasteiger partial charge >= 0.3 is 6.03 Å². The molecule has 5 rings (SSSR count). The molecule has 1 spiro atoms. The van der Waals surface area contributed by atoms with Crippen LogP contribution in [0.4, 0.5) is 22.0 Å². The third-order valence-corrected chi connectivity index (χ3v) is 6.50. The molecule has 150 valence electrons. The van der Waals surface area contributed by atoms with Crippen molar-refractivity contribution in [3.8, 4) is 0 Å². The van der Waals surface area contributed by atoms with Crippen molar-refractivity contribution < 1.29 is 9.59 Å². The van der Waals surface area contributed by atoms with Crippen LogP contribution in [0.25, 0.3) is 0 Å². The normalized spacial score (nSPS) is 23.7. The number of rotatable bonds is 1. The maximum Gasteiger partial charge on any atom is 0.330 e. The molecular formula is C22H25N5O2. The van der Waals surface area contributed by atoms with E-state index in [1.807, 2.05) is 29.2 Å². The molecule has 7 heteroatoms. The van der Waals surface area contributed by atoms with Crippen LogP contribution in [0.5, 0.6) is 0 Å². The number of benzene rings is 1. The minimum atomic E-state index is -0.247. The van der Waals surface area contributed by atoms with Crippen molar-refractivity contribution in [2.45, 2.75) is 19.8 Å². The van der Waals surface area contributed by atoms with Crippen LogP contribution in [-0.4, -0.2) is 59.4 Å². The summed E-state index contributed by atoms with van der Waals surface area (Å²) in [4.78, 5) is 36.9. The fraction of sp³-hybridized carbons (Fsp3) is 0.409. The summed E-state index contributed by atoms with van der Waals surface area (Å²) < 4.78 is 0. The first-order valence-corrected chi connectivity index (χ1v) is 10.3. The van der Waals surface area contributed by atoms with Crippen molar-refractivity contribution in [2.75, 3.05) is 42.9 Å². The number of nitrogens with one attached hydrogen (secondary N) is 1. The number of anilines is 3. The Balaban J connectivity index is 1.51. The third kappa shape index (κ3) is 2.97. The Kier molecular flexibility index (Phi) is 4.28. The summed E-state index contributed by atoms with van der Waals surface area (Å²) in [6, 6.07) is 10.7. The van der Waals surface area contributed by atoms with E-state index in [1.165, 1.54) is 0 Å². The number of aromatic nitrogens is 1. The number of pyridine rings is 1. The van der Waals surface area contributed by atoms with Gasteiger partial charge in [-0.05, 0) is 50.2 Å². The summed E-state index contributed by atoms with van der Waals surface area (Å²) in [6.07, 6.45) is 3.79. The molecule has 0 radical (unpaired) electrons. The van der Waals surface area contributed by atoms with Gasteiger partial charge in [0.25, 0.3) is 5.91 Å². The van der Waals surface area contributed by atoms with Gasteiger partial charge in [-0.15, -0.1) is 0 Å². The number of carbonyl (C=O) groups excluding carboxylic acids is 2. The number of amides is 3. The molecule has 3 aliphatic rings. The maximum absolute atomic E-state index is 13.7. The number of para-hydroxylation sites is 2. The predicted molar refractivity (Wildman–Crippen MR) is 112 cm³/mol. The highest BCUT2D eigenvalue weighted by Crippen LogP contribution is 2.42. The van der Waals surface area contributed by atoms with Crippen LogP contribution >= 0.6 is 0 Å². The molecule has 2 aromatic rings. The highest BCUT2D eigenvalue weighted by atomic mass is 16.2. The third-order valence-electron chi connectivity index (χ3n) is 6.50. The second-order valence-electron chi connectivity index (χ2n) is 8.25. The van der Waals surface area contributed by atoms with E-state index in [-0.39, 0.29) is 17.4 Å². The second kappa shape index (κ2) is 6.84. The number of nitrogens with zero attached hydrogens (tertiary/aromatic N) is 4. The van der Waals surface area contributed by atoms with Gasteiger partial charge in [-0.1, -0.05) is 19.1 Å². The number of hydrogen-bond donors (Lipinski definition) is 1. The molecule has 7 nitrogen and oxygen atoms in total. The molecule has 2 fully saturated rings. The van der Waals surface area contributed by atoms with Crippen molar-refractivity contribution in [3.63, 3.8) is 0 Å². The predicted octanol–water partition coefficient (Wildman–Crippen LogP) is 3.32. The molecule has 1 N–H and O–H groups in total. The first-order chi connectivity index (χ1) is 14.1. The minimum Gasteiger partial charge on any atom is -0.323 e. The monoisotopic (exact) mass is 391 g/mol. The zero-order chi connectivity index (χ0) is 20.0. The minimum absolute atomic E-state index is 0.110. The lowest BCUT2D eigenvalue weighted by molar-refractivity contribution is 0.102. The molecule has 1 atom stereocenters. The van der Waals surface area contributed by atoms with Crippen LogP contribution in [0, 0.1) is 5.41 Å². The molecular weight excluding hydrogens is 366 g/mol. The van der Waals surface area contributed by atoms with E-state index in [0.717, 1.165) is 45.6 Å². The van der Waals surface area contributed by atoms with Crippen molar-refractivity contribution >= 4 is 29.1 Å². The molecule has 0 bridgehead atoms. The van der Waals surface area contributed by atoms with Crippen LogP contribution < -0.4 is 10.2 Å². The SMILES string of the molecule is CCN1CCC2(CCN(C(=O)N3c4ccccc4NC(=O)c4cccnc43)C2)C1. The largest absolute Gasteiger partial charge is 0.330 e. The Hall–Kier alpha value is -2.93. The van der Waals surface area contributed by atoms with E-state index in [0.29, 0.717) is 22.8 Å². The highest BCUT2D eigenvalue weighted by Gasteiger charge is 2.46. The molecule has 0 saturated carbocycles. The van der Waals surface area contributed by atoms with Crippen molar-refractivity contribution in [3.05, 3.63) is 48.2 Å². The topological polar surface area (TPSA) is 68.8 Å². The molecule has 2 saturated heterocycles. The van der Waals surface area contributed by atoms with Gasteiger partial charge in [0.05, 0.1) is 16.9 Å². The Bertz CT molecular complexity index is 977. The summed E-state index contributed by atoms with van der Waals surface area (Å²) in [5, 5.41) is 2.92. The first-order valence-electron chi connectivity index (χ1n) is 10.3. The van der Waals surface area contributed by atoms with E-state index < -0.39 is 0 Å². The fourth-order valence-electron chi connectivity index (χ4n) is 4.89. The molecule has 3 aliphatic heterocycles. The molecule has 3 amide bonds. The lowest BCUT2D eigenvalue weighted by atomic mass is 9.86. The summed E-state index contributed by atoms with van der Waals surface area (Å²) in [5.74, 6) is 0.144. The lowest BCUT2D eigenvalue weighted by Gasteiger charge is -2.29. The van der Waals surface area contributed by atoms with E-state index in [9.17, 15) is 9.59 Å². The van der Waals surface area contributed by atoms with Crippen LogP contribution in [0.2, 0.25) is 0 Å². The zero-order valence-electron chi connectivity index (χ0n) is 16.6. The van der Waals surface area contributed by atoms with E-state index in [2.05, 4.69) is 22.1 Å². The number of hydrogen-bond acceptors (Lipinski definition) is 4. The van der Waals surface area contributed by atoms with Crippen molar-refractivity contribution in [1.82, 2.24) is 14.8 Å². The van der Waals surface area contributed by atoms with E-state index in [4.69, 9.17) is 0 Å². The molecule has 4 heterocycles. The summed E-state index contributed by atoms with van der Waals surface area (Å²) in [7, 11) is 0. The zero-order valence-corrected chi connectivity index (χ0v) is 16.6. The first kappa shape index (κ1) is 18.1. The quantitative estimate of drug-likeness (QED) is 0.810. The molecule has 1 unspecified atom stereocenters. The van der Waals surface area contributed by atoms with Crippen molar-refractivity contribution in [1.29, 1.82) is 0 Å². The second-order valence-corrected chi connectivity index (χ2v) is 8.25. The fourth-order valence-corrected chi connectivity index (χ4v) is 4.89. The smallest absolute Gasteiger partial charge is 0.323 e. The van der Waals surface area contributed by atoms with E-state index >= 15 is 0 Å². The summed E-state index contributed by atoms with van der Waals surface area (Å²) >= 11 is 0. The van der Waals surface area contributed by atoms with Gasteiger partial charge in [0.1, 0.15) is 0 Å². The average molecular weight is 391 g/mol. The molecule has 1 aromatic carbocycles. The van der Waals surface area contributed by atoms with E-state index in [1.54, 1.807) is 23.2 Å². The van der Waals surface area contributed by atoms with Crippen LogP contribution in [-0.2, 0) is 0 Å². The Morgan fingerprint density at radius 1 is 1.14 bits per heavy atom. The average Bonchev–Trinajstić information content (AvgIpc) is 3.33. The van der Waals surface area contributed by atoms with Gasteiger partial charge in [-0.3, -0.25) is 4.79 Å². The Morgan fingerprint density at radius 3 is 2.79 bits per heavy atom. The van der Waals surface area contributed by atoms with Gasteiger partial charge in [-0.25, -0.2) is 14.7 Å². The molecule has 0 aliphatic carbocycles. The molecule has 29 heavy (non-hydrogen) atoms. The van der Waals surface area contributed by atoms with Gasteiger partial charge in [-0.2, -0.15) is 0 Å². The maximum atomic E-state index is 13.7. The van der Waals surface area contributed by atoms with Crippen LogP contribution in [0.1, 0.15) is 30.1 Å². The summed E-state index contributed by atoms with van der Waals surface area (Å²) in [5.41, 5.74) is 1.88. The number of urea groups is 1. The van der Waals surface area contributed by atoms with Crippen LogP contribution in [0.3, 0.4) is 0 Å². The van der Waals surface area contributed by atoms with Crippen molar-refractivity contribution in [2.24, 2.45) is 5.41 Å². The standard InChI is InChI=1S/C22H25N5O2/c1-2-25-12-9-22(14-25)10-13-26(15-22)21(29)27-18-8-4-3-7-17(18)24-20(28)16-6-5-11-23-19(16)27/h3-8,11H,2,9-10,12-15H2,1H3,(H,24,28). The number of fused-ring (bicyclic) bond motifs is 2. The number of likely N-dealkylation sites (tertiary alicyclic amines) is 2. The lowest BCUT2D eigenvalue weighted by Crippen LogP contribution is -2.41. The Labute approximate surface area is 170 Å². The summed E-state index contributed by atoms with van der Waals surface area (Å²) in [6.45, 7) is 6.90. The molecule has 1 aromatic heterocycles. The van der Waals surface area contributed by atoms with Gasteiger partial charge in [0, 0.05) is 31.2 Å². The van der Waals surface area contributed by atoms with Crippen LogP contribution in [0.15, 0.2) is 42.6 Å². The number of carbonyl (C=O) groups is 2. The van der Waals surface area contributed by atoms with Gasteiger partial charge < -0.3 is 15.1 Å². The Morgan fingerprint density at radius 2 is 1.97 bits per heavy atom. The highest BCUT2D eigenvalue weighted by molar-refractivity contribution is 6.16. The van der Waals surface area contributed by atoms with Gasteiger partial charge in [0.2, 0.25) is 0 Å². The van der Waals surface area contributed by atoms with Gasteiger partial charge in [0.15, 0.2) is 5.82 Å².